The lowest BCUT2D eigenvalue weighted by Crippen LogP contribution is -2.40. The van der Waals surface area contributed by atoms with Gasteiger partial charge in [0, 0.05) is 6.20 Å². The van der Waals surface area contributed by atoms with Crippen molar-refractivity contribution in [1.82, 2.24) is 4.98 Å². The first-order valence-corrected chi connectivity index (χ1v) is 7.61. The Balaban J connectivity index is 3.26. The molecule has 1 aromatic heterocycles. The molecular formula is C8H11ClFNSi. The summed E-state index contributed by atoms with van der Waals surface area (Å²) < 4.78 is 13.3. The molecule has 66 valence electrons. The van der Waals surface area contributed by atoms with Gasteiger partial charge in [0.25, 0.3) is 0 Å². The van der Waals surface area contributed by atoms with Crippen molar-refractivity contribution in [3.63, 3.8) is 0 Å². The highest BCUT2D eigenvalue weighted by atomic mass is 35.5. The van der Waals surface area contributed by atoms with E-state index in [-0.39, 0.29) is 11.0 Å². The van der Waals surface area contributed by atoms with Gasteiger partial charge in [-0.2, -0.15) is 0 Å². The van der Waals surface area contributed by atoms with Crippen LogP contribution in [0.15, 0.2) is 12.3 Å². The van der Waals surface area contributed by atoms with Crippen LogP contribution in [0.2, 0.25) is 24.8 Å². The number of aromatic nitrogens is 1. The molecule has 0 fully saturated rings. The van der Waals surface area contributed by atoms with Gasteiger partial charge in [-0.3, -0.25) is 0 Å². The van der Waals surface area contributed by atoms with Gasteiger partial charge in [0.15, 0.2) is 11.0 Å². The SMILES string of the molecule is C[Si](C)(C)c1ccnc(Cl)c1F. The maximum absolute atomic E-state index is 13.3. The first-order valence-electron chi connectivity index (χ1n) is 3.73. The monoisotopic (exact) mass is 203 g/mol. The number of hydrogen-bond donors (Lipinski definition) is 0. The predicted molar refractivity (Wildman–Crippen MR) is 52.2 cm³/mol. The molecule has 0 aliphatic rings. The summed E-state index contributed by atoms with van der Waals surface area (Å²) in [4.78, 5) is 3.67. The van der Waals surface area contributed by atoms with E-state index in [1.54, 1.807) is 12.3 Å². The van der Waals surface area contributed by atoms with Crippen molar-refractivity contribution in [2.75, 3.05) is 0 Å². The summed E-state index contributed by atoms with van der Waals surface area (Å²) in [5, 5.41) is 0.720. The van der Waals surface area contributed by atoms with Gasteiger partial charge < -0.3 is 0 Å². The van der Waals surface area contributed by atoms with E-state index in [0.29, 0.717) is 0 Å². The van der Waals surface area contributed by atoms with Crippen LogP contribution in [0.5, 0.6) is 0 Å². The lowest BCUT2D eigenvalue weighted by molar-refractivity contribution is 0.629. The maximum atomic E-state index is 13.3. The predicted octanol–water partition coefficient (Wildman–Crippen LogP) is 2.42. The molecule has 0 aliphatic heterocycles. The van der Waals surface area contributed by atoms with Crippen LogP contribution in [0.4, 0.5) is 4.39 Å². The van der Waals surface area contributed by atoms with Gasteiger partial charge in [-0.05, 0) is 11.3 Å². The van der Waals surface area contributed by atoms with Crippen LogP contribution in [0.1, 0.15) is 0 Å². The normalized spacial score (nSPS) is 11.8. The average Bonchev–Trinajstić information content (AvgIpc) is 1.92. The van der Waals surface area contributed by atoms with Crippen molar-refractivity contribution in [3.8, 4) is 0 Å². The molecule has 0 spiro atoms. The van der Waals surface area contributed by atoms with Gasteiger partial charge in [-0.25, -0.2) is 9.37 Å². The summed E-state index contributed by atoms with van der Waals surface area (Å²) in [6, 6.07) is 1.72. The van der Waals surface area contributed by atoms with Crippen molar-refractivity contribution in [3.05, 3.63) is 23.2 Å². The summed E-state index contributed by atoms with van der Waals surface area (Å²) in [7, 11) is -1.61. The van der Waals surface area contributed by atoms with Gasteiger partial charge in [0.2, 0.25) is 0 Å². The molecule has 4 heteroatoms. The zero-order chi connectivity index (χ0) is 9.35. The smallest absolute Gasteiger partial charge is 0.164 e. The van der Waals surface area contributed by atoms with Crippen molar-refractivity contribution in [2.45, 2.75) is 19.6 Å². The number of rotatable bonds is 1. The highest BCUT2D eigenvalue weighted by Crippen LogP contribution is 2.11. The van der Waals surface area contributed by atoms with E-state index in [2.05, 4.69) is 24.6 Å². The Morgan fingerprint density at radius 3 is 2.42 bits per heavy atom. The molecule has 0 aliphatic carbocycles. The fourth-order valence-electron chi connectivity index (χ4n) is 0.997. The van der Waals surface area contributed by atoms with Crippen LogP contribution < -0.4 is 5.19 Å². The van der Waals surface area contributed by atoms with Crippen molar-refractivity contribution in [1.29, 1.82) is 0 Å². The quantitative estimate of drug-likeness (QED) is 0.505. The van der Waals surface area contributed by atoms with E-state index in [0.717, 1.165) is 5.19 Å². The summed E-state index contributed by atoms with van der Waals surface area (Å²) in [5.74, 6) is -0.349. The topological polar surface area (TPSA) is 12.9 Å². The molecule has 0 N–H and O–H groups in total. The lowest BCUT2D eigenvalue weighted by atomic mass is 10.5. The van der Waals surface area contributed by atoms with E-state index in [1.165, 1.54) is 0 Å². The van der Waals surface area contributed by atoms with Crippen molar-refractivity contribution < 1.29 is 4.39 Å². The average molecular weight is 204 g/mol. The van der Waals surface area contributed by atoms with E-state index in [1.807, 2.05) is 0 Å². The number of pyridine rings is 1. The molecule has 0 bridgehead atoms. The molecule has 1 nitrogen and oxygen atoms in total. The third-order valence-corrected chi connectivity index (χ3v) is 3.92. The maximum Gasteiger partial charge on any atom is 0.164 e. The van der Waals surface area contributed by atoms with E-state index in [9.17, 15) is 4.39 Å². The Labute approximate surface area is 77.6 Å². The molecule has 0 saturated heterocycles. The van der Waals surface area contributed by atoms with E-state index >= 15 is 0 Å². The van der Waals surface area contributed by atoms with Crippen LogP contribution in [0.25, 0.3) is 0 Å². The fraction of sp³-hybridized carbons (Fsp3) is 0.375. The largest absolute Gasteiger partial charge is 0.242 e. The van der Waals surface area contributed by atoms with Gasteiger partial charge in [-0.1, -0.05) is 31.2 Å². The minimum absolute atomic E-state index is 0.0186. The second-order valence-electron chi connectivity index (χ2n) is 3.71. The molecule has 0 unspecified atom stereocenters. The zero-order valence-corrected chi connectivity index (χ0v) is 9.11. The summed E-state index contributed by atoms with van der Waals surface area (Å²) >= 11 is 5.56. The fourth-order valence-corrected chi connectivity index (χ4v) is 2.59. The molecule has 0 atom stereocenters. The van der Waals surface area contributed by atoms with Crippen LogP contribution >= 0.6 is 11.6 Å². The molecule has 0 saturated carbocycles. The lowest BCUT2D eigenvalue weighted by Gasteiger charge is -2.16. The van der Waals surface area contributed by atoms with Crippen LogP contribution in [0.3, 0.4) is 0 Å². The zero-order valence-electron chi connectivity index (χ0n) is 7.36. The third-order valence-electron chi connectivity index (χ3n) is 1.65. The van der Waals surface area contributed by atoms with Crippen LogP contribution in [-0.2, 0) is 0 Å². The van der Waals surface area contributed by atoms with E-state index in [4.69, 9.17) is 11.6 Å². The summed E-state index contributed by atoms with van der Waals surface area (Å²) in [5.41, 5.74) is 0. The second kappa shape index (κ2) is 3.15. The van der Waals surface area contributed by atoms with Crippen LogP contribution in [-0.4, -0.2) is 13.1 Å². The Kier molecular flexibility index (Phi) is 2.54. The first-order chi connectivity index (χ1) is 5.43. The highest BCUT2D eigenvalue weighted by molar-refractivity contribution is 6.88. The first kappa shape index (κ1) is 9.67. The Bertz CT molecular complexity index is 296. The van der Waals surface area contributed by atoms with Gasteiger partial charge in [0.05, 0.1) is 8.07 Å². The highest BCUT2D eigenvalue weighted by Gasteiger charge is 2.22. The number of halogens is 2. The summed E-state index contributed by atoms with van der Waals surface area (Å²) in [6.45, 7) is 6.21. The van der Waals surface area contributed by atoms with Gasteiger partial charge in [0.1, 0.15) is 0 Å². The standard InChI is InChI=1S/C8H11ClFNSi/c1-12(2,3)6-4-5-11-8(9)7(6)10/h4-5H,1-3H3. The molecule has 0 aromatic carbocycles. The van der Waals surface area contributed by atoms with Crippen molar-refractivity contribution in [2.24, 2.45) is 0 Å². The van der Waals surface area contributed by atoms with Gasteiger partial charge in [-0.15, -0.1) is 0 Å². The van der Waals surface area contributed by atoms with Crippen molar-refractivity contribution >= 4 is 24.9 Å². The Morgan fingerprint density at radius 1 is 1.42 bits per heavy atom. The molecule has 1 aromatic rings. The van der Waals surface area contributed by atoms with Gasteiger partial charge >= 0.3 is 0 Å². The Hall–Kier alpha value is -0.413. The van der Waals surface area contributed by atoms with E-state index < -0.39 is 8.07 Å². The summed E-state index contributed by atoms with van der Waals surface area (Å²) in [6.07, 6.45) is 1.55. The molecule has 1 heterocycles. The second-order valence-corrected chi connectivity index (χ2v) is 9.11. The molecule has 0 amide bonds. The van der Waals surface area contributed by atoms with Crippen LogP contribution in [0, 0.1) is 5.82 Å². The minimum atomic E-state index is -1.61. The number of nitrogens with zero attached hydrogens (tertiary/aromatic N) is 1. The molecule has 0 radical (unpaired) electrons. The molecular weight excluding hydrogens is 193 g/mol. The molecule has 12 heavy (non-hydrogen) atoms. The third kappa shape index (κ3) is 1.84. The number of hydrogen-bond acceptors (Lipinski definition) is 1. The molecule has 1 rings (SSSR count). The Morgan fingerprint density at radius 2 is 2.00 bits per heavy atom. The minimum Gasteiger partial charge on any atom is -0.242 e.